The molecular formula is C19H18N2O2. The molecule has 0 radical (unpaired) electrons. The van der Waals surface area contributed by atoms with Crippen molar-refractivity contribution in [3.63, 3.8) is 0 Å². The minimum atomic E-state index is -0.0591. The first kappa shape index (κ1) is 14.0. The minimum absolute atomic E-state index is 0.0332. The van der Waals surface area contributed by atoms with Gasteiger partial charge >= 0.3 is 0 Å². The molecule has 1 atom stereocenters. The molecule has 3 aromatic rings. The molecule has 23 heavy (non-hydrogen) atoms. The summed E-state index contributed by atoms with van der Waals surface area (Å²) in [5.74, 6) is -0.0591. The highest BCUT2D eigenvalue weighted by Gasteiger charge is 2.19. The number of nitrogens with one attached hydrogen (secondary N) is 1. The van der Waals surface area contributed by atoms with Crippen LogP contribution in [0, 0.1) is 0 Å². The van der Waals surface area contributed by atoms with E-state index in [0.29, 0.717) is 18.7 Å². The fraction of sp³-hybridized carbons (Fsp3) is 0.211. The van der Waals surface area contributed by atoms with Crippen LogP contribution in [0.1, 0.15) is 21.5 Å². The number of carbonyl (C=O) groups excluding carboxylic acids is 1. The molecule has 4 rings (SSSR count). The number of hydrogen-bond acceptors (Lipinski definition) is 2. The average Bonchev–Trinajstić information content (AvgIpc) is 3.04. The third kappa shape index (κ3) is 2.85. The molecular weight excluding hydrogens is 288 g/mol. The van der Waals surface area contributed by atoms with Crippen molar-refractivity contribution in [2.45, 2.75) is 19.1 Å². The number of nitrogens with zero attached hydrogens (tertiary/aromatic N) is 1. The van der Waals surface area contributed by atoms with E-state index in [-0.39, 0.29) is 12.0 Å². The van der Waals surface area contributed by atoms with Crippen LogP contribution >= 0.6 is 0 Å². The molecule has 0 bridgehead atoms. The molecule has 0 spiro atoms. The standard InChI is InChI=1S/C19H18N2O2/c22-19(16-9-17-7-3-4-8-21(17)12-16)20-11-18-10-14-5-1-2-6-15(14)13-23-18/h1-9,12,18H,10-11,13H2,(H,20,22). The Kier molecular flexibility index (Phi) is 3.60. The van der Waals surface area contributed by atoms with Gasteiger partial charge < -0.3 is 14.5 Å². The van der Waals surface area contributed by atoms with Crippen LogP contribution in [0.3, 0.4) is 0 Å². The van der Waals surface area contributed by atoms with Gasteiger partial charge in [-0.25, -0.2) is 0 Å². The molecule has 4 nitrogen and oxygen atoms in total. The Labute approximate surface area is 134 Å². The number of carbonyl (C=O) groups is 1. The van der Waals surface area contributed by atoms with Crippen LogP contribution in [0.5, 0.6) is 0 Å². The lowest BCUT2D eigenvalue weighted by atomic mass is 9.99. The lowest BCUT2D eigenvalue weighted by molar-refractivity contribution is 0.0285. The summed E-state index contributed by atoms with van der Waals surface area (Å²) >= 11 is 0. The van der Waals surface area contributed by atoms with E-state index in [1.54, 1.807) is 0 Å². The summed E-state index contributed by atoms with van der Waals surface area (Å²) in [7, 11) is 0. The largest absolute Gasteiger partial charge is 0.371 e. The van der Waals surface area contributed by atoms with Gasteiger partial charge in [0.15, 0.2) is 0 Å². The van der Waals surface area contributed by atoms with Crippen LogP contribution in [0.15, 0.2) is 60.9 Å². The van der Waals surface area contributed by atoms with Crippen molar-refractivity contribution >= 4 is 11.4 Å². The fourth-order valence-electron chi connectivity index (χ4n) is 3.03. The maximum atomic E-state index is 12.3. The van der Waals surface area contributed by atoms with Gasteiger partial charge in [0.05, 0.1) is 18.3 Å². The summed E-state index contributed by atoms with van der Waals surface area (Å²) in [4.78, 5) is 12.3. The van der Waals surface area contributed by atoms with Crippen molar-refractivity contribution in [1.82, 2.24) is 9.72 Å². The second-order valence-corrected chi connectivity index (χ2v) is 5.88. The van der Waals surface area contributed by atoms with E-state index in [1.165, 1.54) is 11.1 Å². The molecule has 1 amide bonds. The average molecular weight is 306 g/mol. The number of pyridine rings is 1. The Morgan fingerprint density at radius 1 is 1.17 bits per heavy atom. The molecule has 2 aromatic heterocycles. The number of ether oxygens (including phenoxy) is 1. The fourth-order valence-corrected chi connectivity index (χ4v) is 3.03. The third-order valence-electron chi connectivity index (χ3n) is 4.30. The Hall–Kier alpha value is -2.59. The topological polar surface area (TPSA) is 42.7 Å². The van der Waals surface area contributed by atoms with Crippen LogP contribution in [-0.2, 0) is 17.8 Å². The Bertz CT molecular complexity index is 820. The normalized spacial score (nSPS) is 17.0. The molecule has 1 N–H and O–H groups in total. The van der Waals surface area contributed by atoms with Crippen molar-refractivity contribution in [1.29, 1.82) is 0 Å². The first-order chi connectivity index (χ1) is 11.3. The highest BCUT2D eigenvalue weighted by atomic mass is 16.5. The molecule has 4 heteroatoms. The summed E-state index contributed by atoms with van der Waals surface area (Å²) in [6.45, 7) is 1.15. The Morgan fingerprint density at radius 3 is 2.87 bits per heavy atom. The van der Waals surface area contributed by atoms with Crippen LogP contribution < -0.4 is 5.32 Å². The SMILES string of the molecule is O=C(NCC1Cc2ccccc2CO1)c1cc2ccccn2c1. The zero-order valence-corrected chi connectivity index (χ0v) is 12.7. The molecule has 116 valence electrons. The molecule has 1 aromatic carbocycles. The third-order valence-corrected chi connectivity index (χ3v) is 4.30. The van der Waals surface area contributed by atoms with E-state index in [1.807, 2.05) is 53.2 Å². The summed E-state index contributed by atoms with van der Waals surface area (Å²) in [5.41, 5.74) is 4.24. The summed E-state index contributed by atoms with van der Waals surface area (Å²) < 4.78 is 7.78. The van der Waals surface area contributed by atoms with Crippen LogP contribution in [0.4, 0.5) is 0 Å². The lowest BCUT2D eigenvalue weighted by Crippen LogP contribution is -2.36. The highest BCUT2D eigenvalue weighted by molar-refractivity contribution is 5.95. The molecule has 0 saturated carbocycles. The molecule has 1 unspecified atom stereocenters. The zero-order valence-electron chi connectivity index (χ0n) is 12.7. The molecule has 3 heterocycles. The molecule has 1 aliphatic rings. The predicted octanol–water partition coefficient (Wildman–Crippen LogP) is 2.81. The van der Waals surface area contributed by atoms with E-state index in [2.05, 4.69) is 17.4 Å². The monoisotopic (exact) mass is 306 g/mol. The van der Waals surface area contributed by atoms with Gasteiger partial charge in [-0.3, -0.25) is 4.79 Å². The summed E-state index contributed by atoms with van der Waals surface area (Å²) in [6.07, 6.45) is 4.66. The second kappa shape index (κ2) is 5.89. The van der Waals surface area contributed by atoms with Crippen LogP contribution in [0.2, 0.25) is 0 Å². The summed E-state index contributed by atoms with van der Waals surface area (Å²) in [5, 5.41) is 2.98. The van der Waals surface area contributed by atoms with Crippen molar-refractivity contribution in [3.8, 4) is 0 Å². The smallest absolute Gasteiger partial charge is 0.252 e. The van der Waals surface area contributed by atoms with Gasteiger partial charge in [0.25, 0.3) is 5.91 Å². The van der Waals surface area contributed by atoms with Crippen molar-refractivity contribution in [2.24, 2.45) is 0 Å². The van der Waals surface area contributed by atoms with Gasteiger partial charge in [-0.1, -0.05) is 30.3 Å². The van der Waals surface area contributed by atoms with Gasteiger partial charge in [-0.15, -0.1) is 0 Å². The molecule has 0 fully saturated rings. The van der Waals surface area contributed by atoms with Crippen LogP contribution in [0.25, 0.3) is 5.52 Å². The number of fused-ring (bicyclic) bond motifs is 2. The van der Waals surface area contributed by atoms with Gasteiger partial charge in [-0.05, 0) is 29.3 Å². The minimum Gasteiger partial charge on any atom is -0.371 e. The quantitative estimate of drug-likeness (QED) is 0.808. The highest BCUT2D eigenvalue weighted by Crippen LogP contribution is 2.20. The first-order valence-corrected chi connectivity index (χ1v) is 7.83. The maximum absolute atomic E-state index is 12.3. The van der Waals surface area contributed by atoms with E-state index in [4.69, 9.17) is 4.74 Å². The van der Waals surface area contributed by atoms with E-state index < -0.39 is 0 Å². The Balaban J connectivity index is 1.40. The lowest BCUT2D eigenvalue weighted by Gasteiger charge is -2.25. The molecule has 0 saturated heterocycles. The van der Waals surface area contributed by atoms with Crippen molar-refractivity contribution in [2.75, 3.05) is 6.54 Å². The van der Waals surface area contributed by atoms with E-state index >= 15 is 0 Å². The Morgan fingerprint density at radius 2 is 2.00 bits per heavy atom. The van der Waals surface area contributed by atoms with Crippen molar-refractivity contribution in [3.05, 3.63) is 77.6 Å². The summed E-state index contributed by atoms with van der Waals surface area (Å²) in [6, 6.07) is 16.1. The van der Waals surface area contributed by atoms with Crippen LogP contribution in [-0.4, -0.2) is 23.0 Å². The van der Waals surface area contributed by atoms with Gasteiger partial charge in [0.2, 0.25) is 0 Å². The maximum Gasteiger partial charge on any atom is 0.252 e. The molecule has 1 aliphatic heterocycles. The first-order valence-electron chi connectivity index (χ1n) is 7.83. The number of aromatic nitrogens is 1. The number of benzene rings is 1. The number of rotatable bonds is 3. The zero-order chi connectivity index (χ0) is 15.6. The number of amides is 1. The van der Waals surface area contributed by atoms with Gasteiger partial charge in [0.1, 0.15) is 0 Å². The van der Waals surface area contributed by atoms with E-state index in [9.17, 15) is 4.79 Å². The molecule has 0 aliphatic carbocycles. The van der Waals surface area contributed by atoms with Gasteiger partial charge in [-0.2, -0.15) is 0 Å². The predicted molar refractivity (Wildman–Crippen MR) is 88.5 cm³/mol. The van der Waals surface area contributed by atoms with E-state index in [0.717, 1.165) is 11.9 Å². The van der Waals surface area contributed by atoms with Gasteiger partial charge in [0, 0.05) is 30.9 Å². The van der Waals surface area contributed by atoms with Crippen molar-refractivity contribution < 1.29 is 9.53 Å². The second-order valence-electron chi connectivity index (χ2n) is 5.88. The number of hydrogen-bond donors (Lipinski definition) is 1.